The van der Waals surface area contributed by atoms with E-state index in [0.29, 0.717) is 23.4 Å². The van der Waals surface area contributed by atoms with Crippen molar-refractivity contribution in [2.75, 3.05) is 13.7 Å². The maximum absolute atomic E-state index is 13.1. The Kier molecular flexibility index (Phi) is 4.98. The van der Waals surface area contributed by atoms with Gasteiger partial charge in [-0.2, -0.15) is 0 Å². The molecule has 2 atom stereocenters. The van der Waals surface area contributed by atoms with Crippen molar-refractivity contribution in [3.05, 3.63) is 65.2 Å². The van der Waals surface area contributed by atoms with E-state index in [1.54, 1.807) is 48.4 Å². The number of hydrogen-bond donors (Lipinski definition) is 1. The number of aliphatic carboxylic acids is 1. The normalized spacial score (nSPS) is 19.4. The highest BCUT2D eigenvalue weighted by atomic mass is 16.5. The van der Waals surface area contributed by atoms with Gasteiger partial charge in [0.25, 0.3) is 5.91 Å². The SMILES string of the molecule is COc1ccc([C@@H]2[C@@H](C(=O)O)c3ccccc3C(=O)N2CC(C)C)cc1. The highest BCUT2D eigenvalue weighted by Gasteiger charge is 2.44. The number of carboxylic acids is 1. The van der Waals surface area contributed by atoms with Gasteiger partial charge < -0.3 is 14.7 Å². The number of amides is 1. The first-order chi connectivity index (χ1) is 12.4. The number of carboxylic acid groups (broad SMARTS) is 1. The maximum Gasteiger partial charge on any atom is 0.313 e. The minimum atomic E-state index is -0.931. The Morgan fingerprint density at radius 3 is 2.38 bits per heavy atom. The molecule has 136 valence electrons. The van der Waals surface area contributed by atoms with Crippen molar-refractivity contribution in [1.29, 1.82) is 0 Å². The fourth-order valence-corrected chi connectivity index (χ4v) is 3.63. The number of rotatable bonds is 5. The van der Waals surface area contributed by atoms with E-state index in [4.69, 9.17) is 4.74 Å². The third-order valence-electron chi connectivity index (χ3n) is 4.72. The zero-order valence-corrected chi connectivity index (χ0v) is 15.2. The van der Waals surface area contributed by atoms with Crippen molar-refractivity contribution in [2.45, 2.75) is 25.8 Å². The topological polar surface area (TPSA) is 66.8 Å². The van der Waals surface area contributed by atoms with E-state index in [2.05, 4.69) is 0 Å². The van der Waals surface area contributed by atoms with E-state index < -0.39 is 17.9 Å². The molecule has 0 spiro atoms. The standard InChI is InChI=1S/C21H23NO4/c1-13(2)12-22-19(14-8-10-15(26-3)11-9-14)18(21(24)25)16-6-4-5-7-17(16)20(22)23/h4-11,13,18-19H,12H2,1-3H3,(H,24,25)/t18-,19+/m0/s1. The van der Waals surface area contributed by atoms with E-state index in [9.17, 15) is 14.7 Å². The van der Waals surface area contributed by atoms with Crippen LogP contribution >= 0.6 is 0 Å². The molecule has 0 aromatic heterocycles. The number of methoxy groups -OCH3 is 1. The lowest BCUT2D eigenvalue weighted by atomic mass is 9.79. The number of nitrogens with zero attached hydrogens (tertiary/aromatic N) is 1. The lowest BCUT2D eigenvalue weighted by Crippen LogP contribution is -2.46. The summed E-state index contributed by atoms with van der Waals surface area (Å²) in [6.07, 6.45) is 0. The summed E-state index contributed by atoms with van der Waals surface area (Å²) in [5, 5.41) is 9.99. The molecule has 0 aliphatic carbocycles. The summed E-state index contributed by atoms with van der Waals surface area (Å²) < 4.78 is 5.20. The average molecular weight is 353 g/mol. The zero-order chi connectivity index (χ0) is 18.8. The fraction of sp³-hybridized carbons (Fsp3) is 0.333. The van der Waals surface area contributed by atoms with Crippen LogP contribution in [0.4, 0.5) is 0 Å². The predicted molar refractivity (Wildman–Crippen MR) is 98.4 cm³/mol. The van der Waals surface area contributed by atoms with Crippen LogP contribution < -0.4 is 4.74 Å². The first kappa shape index (κ1) is 18.0. The van der Waals surface area contributed by atoms with Crippen LogP contribution in [0.25, 0.3) is 0 Å². The van der Waals surface area contributed by atoms with Gasteiger partial charge in [-0.3, -0.25) is 9.59 Å². The zero-order valence-electron chi connectivity index (χ0n) is 15.2. The number of hydrogen-bond acceptors (Lipinski definition) is 3. The number of benzene rings is 2. The van der Waals surface area contributed by atoms with Crippen molar-refractivity contribution in [3.63, 3.8) is 0 Å². The van der Waals surface area contributed by atoms with Crippen molar-refractivity contribution < 1.29 is 19.4 Å². The molecule has 1 heterocycles. The molecule has 1 aliphatic rings. The van der Waals surface area contributed by atoms with Crippen molar-refractivity contribution in [1.82, 2.24) is 4.90 Å². The second-order valence-electron chi connectivity index (χ2n) is 6.97. The van der Waals surface area contributed by atoms with E-state index in [0.717, 1.165) is 5.56 Å². The van der Waals surface area contributed by atoms with Crippen LogP contribution in [0.5, 0.6) is 5.75 Å². The van der Waals surface area contributed by atoms with Crippen LogP contribution in [-0.4, -0.2) is 35.5 Å². The third-order valence-corrected chi connectivity index (χ3v) is 4.72. The summed E-state index contributed by atoms with van der Waals surface area (Å²) in [5.74, 6) is -0.943. The first-order valence-electron chi connectivity index (χ1n) is 8.70. The summed E-state index contributed by atoms with van der Waals surface area (Å²) in [6, 6.07) is 13.7. The Labute approximate surface area is 153 Å². The van der Waals surface area contributed by atoms with Crippen LogP contribution in [0.3, 0.4) is 0 Å². The number of carbonyl (C=O) groups is 2. The van der Waals surface area contributed by atoms with Gasteiger partial charge in [0, 0.05) is 12.1 Å². The minimum Gasteiger partial charge on any atom is -0.497 e. The molecule has 0 saturated carbocycles. The Morgan fingerprint density at radius 2 is 1.81 bits per heavy atom. The Hall–Kier alpha value is -2.82. The average Bonchev–Trinajstić information content (AvgIpc) is 2.63. The van der Waals surface area contributed by atoms with Gasteiger partial charge in [-0.25, -0.2) is 0 Å². The third kappa shape index (κ3) is 3.17. The molecule has 0 saturated heterocycles. The van der Waals surface area contributed by atoms with Crippen LogP contribution in [0, 0.1) is 5.92 Å². The Bertz CT molecular complexity index is 813. The lowest BCUT2D eigenvalue weighted by molar-refractivity contribution is -0.140. The van der Waals surface area contributed by atoms with Gasteiger partial charge in [0.15, 0.2) is 0 Å². The van der Waals surface area contributed by atoms with E-state index in [1.165, 1.54) is 0 Å². The first-order valence-corrected chi connectivity index (χ1v) is 8.70. The molecule has 3 rings (SSSR count). The highest BCUT2D eigenvalue weighted by molar-refractivity contribution is 6.00. The second kappa shape index (κ2) is 7.20. The van der Waals surface area contributed by atoms with Gasteiger partial charge in [0.05, 0.1) is 13.2 Å². The maximum atomic E-state index is 13.1. The molecule has 2 aromatic carbocycles. The van der Waals surface area contributed by atoms with Crippen LogP contribution in [0.15, 0.2) is 48.5 Å². The molecule has 2 aromatic rings. The number of carbonyl (C=O) groups excluding carboxylic acids is 1. The van der Waals surface area contributed by atoms with Crippen molar-refractivity contribution >= 4 is 11.9 Å². The molecule has 1 amide bonds. The molecule has 0 fully saturated rings. The molecular weight excluding hydrogens is 330 g/mol. The van der Waals surface area contributed by atoms with Gasteiger partial charge in [-0.1, -0.05) is 44.2 Å². The minimum absolute atomic E-state index is 0.118. The molecule has 0 unspecified atom stereocenters. The molecular formula is C21H23NO4. The molecule has 5 nitrogen and oxygen atoms in total. The summed E-state index contributed by atoms with van der Waals surface area (Å²) >= 11 is 0. The van der Waals surface area contributed by atoms with Crippen molar-refractivity contribution in [2.24, 2.45) is 5.92 Å². The van der Waals surface area contributed by atoms with Crippen LogP contribution in [0.2, 0.25) is 0 Å². The quantitative estimate of drug-likeness (QED) is 0.890. The number of ether oxygens (including phenoxy) is 1. The lowest BCUT2D eigenvalue weighted by Gasteiger charge is -2.41. The van der Waals surface area contributed by atoms with E-state index in [1.807, 2.05) is 26.0 Å². The fourth-order valence-electron chi connectivity index (χ4n) is 3.63. The predicted octanol–water partition coefficient (Wildman–Crippen LogP) is 3.72. The summed E-state index contributed by atoms with van der Waals surface area (Å²) in [6.45, 7) is 4.54. The van der Waals surface area contributed by atoms with Gasteiger partial charge in [0.1, 0.15) is 11.7 Å². The second-order valence-corrected chi connectivity index (χ2v) is 6.97. The largest absolute Gasteiger partial charge is 0.497 e. The molecule has 0 bridgehead atoms. The highest BCUT2D eigenvalue weighted by Crippen LogP contribution is 2.43. The summed E-state index contributed by atoms with van der Waals surface area (Å²) in [4.78, 5) is 27.0. The van der Waals surface area contributed by atoms with Gasteiger partial charge in [-0.05, 0) is 35.2 Å². The van der Waals surface area contributed by atoms with Gasteiger partial charge >= 0.3 is 5.97 Å². The number of fused-ring (bicyclic) bond motifs is 1. The molecule has 1 N–H and O–H groups in total. The molecule has 0 radical (unpaired) electrons. The smallest absolute Gasteiger partial charge is 0.313 e. The van der Waals surface area contributed by atoms with Gasteiger partial charge in [-0.15, -0.1) is 0 Å². The van der Waals surface area contributed by atoms with E-state index >= 15 is 0 Å². The van der Waals surface area contributed by atoms with Crippen molar-refractivity contribution in [3.8, 4) is 5.75 Å². The molecule has 26 heavy (non-hydrogen) atoms. The summed E-state index contributed by atoms with van der Waals surface area (Å²) in [7, 11) is 1.58. The van der Waals surface area contributed by atoms with Gasteiger partial charge in [0.2, 0.25) is 0 Å². The molecule has 5 heteroatoms. The molecule has 1 aliphatic heterocycles. The summed E-state index contributed by atoms with van der Waals surface area (Å²) in [5.41, 5.74) is 1.85. The monoisotopic (exact) mass is 353 g/mol. The Balaban J connectivity index is 2.17. The Morgan fingerprint density at radius 1 is 1.15 bits per heavy atom. The van der Waals surface area contributed by atoms with E-state index in [-0.39, 0.29) is 11.8 Å². The van der Waals surface area contributed by atoms with Crippen LogP contribution in [-0.2, 0) is 4.79 Å². The van der Waals surface area contributed by atoms with Crippen LogP contribution in [0.1, 0.15) is 47.3 Å².